The number of thioether (sulfide) groups is 1. The van der Waals surface area contributed by atoms with E-state index in [0.29, 0.717) is 11.7 Å². The maximum absolute atomic E-state index is 8.52. The van der Waals surface area contributed by atoms with Gasteiger partial charge in [0.25, 0.3) is 0 Å². The van der Waals surface area contributed by atoms with Gasteiger partial charge in [-0.1, -0.05) is 19.9 Å². The molecule has 1 aromatic rings. The minimum absolute atomic E-state index is 0.456. The molecule has 0 spiro atoms. The molecule has 80 valence electrons. The molecule has 0 unspecified atom stereocenters. The lowest BCUT2D eigenvalue weighted by atomic mass is 10.0. The molecule has 0 bridgehead atoms. The van der Waals surface area contributed by atoms with Gasteiger partial charge in [0.05, 0.1) is 23.8 Å². The van der Waals surface area contributed by atoms with Crippen molar-refractivity contribution in [3.63, 3.8) is 0 Å². The van der Waals surface area contributed by atoms with Crippen LogP contribution in [0.25, 0.3) is 0 Å². The fourth-order valence-electron chi connectivity index (χ4n) is 1.27. The van der Waals surface area contributed by atoms with Gasteiger partial charge in [0.1, 0.15) is 5.75 Å². The molecule has 0 aromatic heterocycles. The number of hydrogen-bond donors (Lipinski definition) is 0. The van der Waals surface area contributed by atoms with Crippen molar-refractivity contribution in [1.29, 1.82) is 5.26 Å². The third-order valence-corrected chi connectivity index (χ3v) is 3.07. The molecule has 0 N–H and O–H groups in total. The summed E-state index contributed by atoms with van der Waals surface area (Å²) in [6.45, 7) is 4.30. The van der Waals surface area contributed by atoms with Crippen molar-refractivity contribution >= 4 is 11.8 Å². The van der Waals surface area contributed by atoms with Crippen LogP contribution in [-0.4, -0.2) is 12.9 Å². The Kier molecular flexibility index (Phi) is 4.51. The molecule has 0 aliphatic carbocycles. The van der Waals surface area contributed by atoms with Crippen molar-refractivity contribution in [2.45, 2.75) is 24.7 Å². The SMILES string of the molecule is COc1cc(C(C)C)ccc1SCC#N. The van der Waals surface area contributed by atoms with Gasteiger partial charge in [-0.05, 0) is 23.6 Å². The number of hydrogen-bond acceptors (Lipinski definition) is 3. The number of benzene rings is 1. The highest BCUT2D eigenvalue weighted by molar-refractivity contribution is 7.99. The fourth-order valence-corrected chi connectivity index (χ4v) is 1.94. The molecule has 15 heavy (non-hydrogen) atoms. The summed E-state index contributed by atoms with van der Waals surface area (Å²) in [6, 6.07) is 8.27. The molecule has 0 atom stereocenters. The largest absolute Gasteiger partial charge is 0.496 e. The lowest BCUT2D eigenvalue weighted by Gasteiger charge is -2.11. The van der Waals surface area contributed by atoms with E-state index in [-0.39, 0.29) is 0 Å². The second kappa shape index (κ2) is 5.67. The minimum atomic E-state index is 0.456. The summed E-state index contributed by atoms with van der Waals surface area (Å²) in [6.07, 6.45) is 0. The van der Waals surface area contributed by atoms with Crippen molar-refractivity contribution in [2.24, 2.45) is 0 Å². The normalized spacial score (nSPS) is 10.1. The van der Waals surface area contributed by atoms with E-state index < -0.39 is 0 Å². The number of nitrogens with zero attached hydrogens (tertiary/aromatic N) is 1. The molecule has 0 heterocycles. The number of methoxy groups -OCH3 is 1. The summed E-state index contributed by atoms with van der Waals surface area (Å²) in [5, 5.41) is 8.52. The smallest absolute Gasteiger partial charge is 0.132 e. The van der Waals surface area contributed by atoms with Gasteiger partial charge in [-0.2, -0.15) is 5.26 Å². The highest BCUT2D eigenvalue weighted by Gasteiger charge is 2.06. The van der Waals surface area contributed by atoms with Crippen molar-refractivity contribution in [3.8, 4) is 11.8 Å². The van der Waals surface area contributed by atoms with Gasteiger partial charge in [0, 0.05) is 0 Å². The first-order chi connectivity index (χ1) is 7.19. The summed E-state index contributed by atoms with van der Waals surface area (Å²) in [7, 11) is 1.66. The van der Waals surface area contributed by atoms with E-state index in [1.807, 2.05) is 12.1 Å². The molecule has 0 aliphatic heterocycles. The zero-order chi connectivity index (χ0) is 11.3. The highest BCUT2D eigenvalue weighted by Crippen LogP contribution is 2.31. The van der Waals surface area contributed by atoms with Crippen LogP contribution in [0, 0.1) is 11.3 Å². The summed E-state index contributed by atoms with van der Waals surface area (Å²) < 4.78 is 5.30. The van der Waals surface area contributed by atoms with Crippen LogP contribution in [0.5, 0.6) is 5.75 Å². The Morgan fingerprint density at radius 3 is 2.73 bits per heavy atom. The van der Waals surface area contributed by atoms with Crippen molar-refractivity contribution < 1.29 is 4.74 Å². The average Bonchev–Trinajstić information content (AvgIpc) is 2.25. The van der Waals surface area contributed by atoms with E-state index in [2.05, 4.69) is 26.0 Å². The molecule has 0 fully saturated rings. The monoisotopic (exact) mass is 221 g/mol. The van der Waals surface area contributed by atoms with Crippen LogP contribution < -0.4 is 4.74 Å². The van der Waals surface area contributed by atoms with Crippen molar-refractivity contribution in [2.75, 3.05) is 12.9 Å². The third kappa shape index (κ3) is 3.17. The second-order valence-corrected chi connectivity index (χ2v) is 4.53. The molecule has 0 amide bonds. The summed E-state index contributed by atoms with van der Waals surface area (Å²) in [5.41, 5.74) is 1.26. The molecule has 0 aliphatic rings. The van der Waals surface area contributed by atoms with Crippen molar-refractivity contribution in [3.05, 3.63) is 23.8 Å². The Labute approximate surface area is 95.3 Å². The molecule has 0 saturated carbocycles. The predicted octanol–water partition coefficient (Wildman–Crippen LogP) is 3.43. The summed E-state index contributed by atoms with van der Waals surface area (Å²) >= 11 is 1.51. The Hall–Kier alpha value is -1.14. The van der Waals surface area contributed by atoms with Gasteiger partial charge in [-0.15, -0.1) is 11.8 Å². The molecular formula is C12H15NOS. The van der Waals surface area contributed by atoms with Crippen LogP contribution in [0.1, 0.15) is 25.3 Å². The van der Waals surface area contributed by atoms with Gasteiger partial charge in [0.15, 0.2) is 0 Å². The summed E-state index contributed by atoms with van der Waals surface area (Å²) in [5.74, 6) is 1.81. The lowest BCUT2D eigenvalue weighted by molar-refractivity contribution is 0.404. The predicted molar refractivity (Wildman–Crippen MR) is 63.4 cm³/mol. The van der Waals surface area contributed by atoms with Gasteiger partial charge >= 0.3 is 0 Å². The van der Waals surface area contributed by atoms with Crippen molar-refractivity contribution in [1.82, 2.24) is 0 Å². The quantitative estimate of drug-likeness (QED) is 0.730. The van der Waals surface area contributed by atoms with Crippen LogP contribution in [0.2, 0.25) is 0 Å². The summed E-state index contributed by atoms with van der Waals surface area (Å²) in [4.78, 5) is 1.03. The Morgan fingerprint density at radius 1 is 1.47 bits per heavy atom. The van der Waals surface area contributed by atoms with E-state index in [9.17, 15) is 0 Å². The molecule has 1 rings (SSSR count). The average molecular weight is 221 g/mol. The van der Waals surface area contributed by atoms with E-state index in [4.69, 9.17) is 10.00 Å². The Balaban J connectivity index is 2.94. The van der Waals surface area contributed by atoms with Gasteiger partial charge in [-0.3, -0.25) is 0 Å². The van der Waals surface area contributed by atoms with Crippen LogP contribution in [0.4, 0.5) is 0 Å². The maximum atomic E-state index is 8.52. The minimum Gasteiger partial charge on any atom is -0.496 e. The van der Waals surface area contributed by atoms with Gasteiger partial charge < -0.3 is 4.74 Å². The van der Waals surface area contributed by atoms with Crippen LogP contribution >= 0.6 is 11.8 Å². The van der Waals surface area contributed by atoms with E-state index in [1.165, 1.54) is 17.3 Å². The first-order valence-electron chi connectivity index (χ1n) is 4.86. The van der Waals surface area contributed by atoms with Crippen LogP contribution in [0.3, 0.4) is 0 Å². The van der Waals surface area contributed by atoms with Gasteiger partial charge in [-0.25, -0.2) is 0 Å². The first-order valence-corrected chi connectivity index (χ1v) is 5.85. The van der Waals surface area contributed by atoms with E-state index in [0.717, 1.165) is 10.6 Å². The number of ether oxygens (including phenoxy) is 1. The lowest BCUT2D eigenvalue weighted by Crippen LogP contribution is -1.92. The molecule has 0 radical (unpaired) electrons. The number of nitriles is 1. The molecular weight excluding hydrogens is 206 g/mol. The highest BCUT2D eigenvalue weighted by atomic mass is 32.2. The zero-order valence-corrected chi connectivity index (χ0v) is 10.1. The number of rotatable bonds is 4. The van der Waals surface area contributed by atoms with Crippen LogP contribution in [-0.2, 0) is 0 Å². The molecule has 1 aromatic carbocycles. The van der Waals surface area contributed by atoms with Gasteiger partial charge in [0.2, 0.25) is 0 Å². The standard InChI is InChI=1S/C12H15NOS/c1-9(2)10-4-5-12(15-7-6-13)11(8-10)14-3/h4-5,8-9H,7H2,1-3H3. The molecule has 3 heteroatoms. The second-order valence-electron chi connectivity index (χ2n) is 3.51. The Bertz CT molecular complexity index is 368. The third-order valence-electron chi connectivity index (χ3n) is 2.15. The van der Waals surface area contributed by atoms with Crippen LogP contribution in [0.15, 0.2) is 23.1 Å². The fraction of sp³-hybridized carbons (Fsp3) is 0.417. The Morgan fingerprint density at radius 2 is 2.20 bits per heavy atom. The van der Waals surface area contributed by atoms with E-state index in [1.54, 1.807) is 7.11 Å². The topological polar surface area (TPSA) is 33.0 Å². The molecule has 2 nitrogen and oxygen atoms in total. The van der Waals surface area contributed by atoms with E-state index >= 15 is 0 Å². The maximum Gasteiger partial charge on any atom is 0.132 e. The zero-order valence-electron chi connectivity index (χ0n) is 9.28. The first kappa shape index (κ1) is 11.9. The molecule has 0 saturated heterocycles.